The molecule has 0 aromatic heterocycles. The summed E-state index contributed by atoms with van der Waals surface area (Å²) in [5.74, 6) is -2.81. The molecular formula is C22H26O7. The van der Waals surface area contributed by atoms with E-state index in [-0.39, 0.29) is 30.6 Å². The Kier molecular flexibility index (Phi) is 6.95. The van der Waals surface area contributed by atoms with Crippen LogP contribution in [0.4, 0.5) is 0 Å². The fourth-order valence-corrected chi connectivity index (χ4v) is 3.50. The smallest absolute Gasteiger partial charge is 0.334 e. The summed E-state index contributed by atoms with van der Waals surface area (Å²) in [6.45, 7) is 16.1. The first-order valence-corrected chi connectivity index (χ1v) is 9.32. The van der Waals surface area contributed by atoms with Crippen LogP contribution >= 0.6 is 0 Å². The third-order valence-corrected chi connectivity index (χ3v) is 5.03. The number of Topliss-reactive ketones (excluding diaryl/α,β-unsaturated/α-hetero) is 1. The van der Waals surface area contributed by atoms with Crippen molar-refractivity contribution in [2.24, 2.45) is 5.92 Å². The van der Waals surface area contributed by atoms with Crippen molar-refractivity contribution in [1.82, 2.24) is 0 Å². The molecule has 1 saturated carbocycles. The molecule has 4 atom stereocenters. The van der Waals surface area contributed by atoms with Gasteiger partial charge in [0.2, 0.25) is 0 Å². The number of esters is 3. The van der Waals surface area contributed by atoms with Gasteiger partial charge in [-0.3, -0.25) is 9.59 Å². The van der Waals surface area contributed by atoms with Gasteiger partial charge in [-0.25, -0.2) is 9.59 Å². The maximum absolute atomic E-state index is 12.4. The molecule has 1 aliphatic carbocycles. The van der Waals surface area contributed by atoms with Crippen LogP contribution in [0.1, 0.15) is 40.0 Å². The summed E-state index contributed by atoms with van der Waals surface area (Å²) in [7, 11) is 0. The topological polar surface area (TPSA) is 96.0 Å². The van der Waals surface area contributed by atoms with Crippen LogP contribution in [0.3, 0.4) is 0 Å². The molecular weight excluding hydrogens is 376 g/mol. The molecule has 2 fully saturated rings. The van der Waals surface area contributed by atoms with Crippen LogP contribution in [0.2, 0.25) is 0 Å². The highest BCUT2D eigenvalue weighted by Crippen LogP contribution is 2.39. The van der Waals surface area contributed by atoms with Crippen molar-refractivity contribution in [2.75, 3.05) is 0 Å². The summed E-state index contributed by atoms with van der Waals surface area (Å²) < 4.78 is 16.5. The number of rotatable bonds is 3. The molecule has 0 N–H and O–H groups in total. The molecule has 1 aliphatic heterocycles. The minimum atomic E-state index is -1.06. The highest BCUT2D eigenvalue weighted by Gasteiger charge is 2.51. The monoisotopic (exact) mass is 402 g/mol. The van der Waals surface area contributed by atoms with E-state index in [1.165, 1.54) is 6.92 Å². The predicted molar refractivity (Wildman–Crippen MR) is 105 cm³/mol. The molecule has 0 unspecified atom stereocenters. The first-order valence-electron chi connectivity index (χ1n) is 9.32. The Morgan fingerprint density at radius 2 is 1.76 bits per heavy atom. The van der Waals surface area contributed by atoms with Gasteiger partial charge in [0, 0.05) is 37.3 Å². The Hall–Kier alpha value is -2.96. The van der Waals surface area contributed by atoms with Gasteiger partial charge in [-0.1, -0.05) is 31.4 Å². The molecule has 2 rings (SSSR count). The van der Waals surface area contributed by atoms with Crippen LogP contribution in [-0.4, -0.2) is 42.0 Å². The van der Waals surface area contributed by atoms with Gasteiger partial charge >= 0.3 is 17.9 Å². The van der Waals surface area contributed by atoms with Gasteiger partial charge in [-0.05, 0) is 19.4 Å². The van der Waals surface area contributed by atoms with E-state index in [4.69, 9.17) is 14.2 Å². The highest BCUT2D eigenvalue weighted by atomic mass is 16.6. The number of ether oxygens (including phenoxy) is 3. The molecule has 156 valence electrons. The van der Waals surface area contributed by atoms with Gasteiger partial charge in [-0.15, -0.1) is 0 Å². The van der Waals surface area contributed by atoms with E-state index in [0.29, 0.717) is 16.7 Å². The summed E-state index contributed by atoms with van der Waals surface area (Å²) in [5, 5.41) is 0. The molecule has 7 heteroatoms. The van der Waals surface area contributed by atoms with Gasteiger partial charge in [0.25, 0.3) is 0 Å². The van der Waals surface area contributed by atoms with E-state index < -0.39 is 42.1 Å². The summed E-state index contributed by atoms with van der Waals surface area (Å²) in [6, 6.07) is 0. The van der Waals surface area contributed by atoms with Gasteiger partial charge in [-0.2, -0.15) is 0 Å². The molecule has 29 heavy (non-hydrogen) atoms. The van der Waals surface area contributed by atoms with E-state index in [2.05, 4.69) is 19.7 Å². The Bertz CT molecular complexity index is 817. The van der Waals surface area contributed by atoms with Crippen molar-refractivity contribution in [3.63, 3.8) is 0 Å². The van der Waals surface area contributed by atoms with Crippen LogP contribution in [0.15, 0.2) is 48.1 Å². The zero-order valence-electron chi connectivity index (χ0n) is 17.0. The summed E-state index contributed by atoms with van der Waals surface area (Å²) in [6.07, 6.45) is -1.18. The fourth-order valence-electron chi connectivity index (χ4n) is 3.50. The second-order valence-electron chi connectivity index (χ2n) is 7.37. The molecule has 0 radical (unpaired) electrons. The van der Waals surface area contributed by atoms with Gasteiger partial charge in [0.15, 0.2) is 12.2 Å². The van der Waals surface area contributed by atoms with Crippen LogP contribution in [-0.2, 0) is 33.4 Å². The lowest BCUT2D eigenvalue weighted by molar-refractivity contribution is -0.162. The Morgan fingerprint density at radius 3 is 2.34 bits per heavy atom. The number of carbonyl (C=O) groups is 4. The molecule has 0 spiro atoms. The van der Waals surface area contributed by atoms with Crippen LogP contribution in [0.25, 0.3) is 0 Å². The third kappa shape index (κ3) is 5.10. The largest absolute Gasteiger partial charge is 0.458 e. The molecule has 0 bridgehead atoms. The first kappa shape index (κ1) is 22.3. The average Bonchev–Trinajstić information content (AvgIpc) is 2.91. The summed E-state index contributed by atoms with van der Waals surface area (Å²) in [4.78, 5) is 48.7. The Labute approximate surface area is 170 Å². The first-order chi connectivity index (χ1) is 13.5. The van der Waals surface area contributed by atoms with Crippen molar-refractivity contribution >= 4 is 23.7 Å². The normalized spacial score (nSPS) is 28.5. The molecule has 7 nitrogen and oxygen atoms in total. The average molecular weight is 402 g/mol. The zero-order chi connectivity index (χ0) is 21.9. The molecule has 1 saturated heterocycles. The summed E-state index contributed by atoms with van der Waals surface area (Å²) in [5.41, 5.74) is 1.34. The lowest BCUT2D eigenvalue weighted by Gasteiger charge is -2.33. The number of ketones is 1. The van der Waals surface area contributed by atoms with Crippen LogP contribution < -0.4 is 0 Å². The van der Waals surface area contributed by atoms with E-state index in [1.807, 2.05) is 0 Å². The maximum atomic E-state index is 12.4. The van der Waals surface area contributed by atoms with Crippen LogP contribution in [0, 0.1) is 5.92 Å². The van der Waals surface area contributed by atoms with E-state index in [9.17, 15) is 19.2 Å². The molecule has 2 aliphatic rings. The number of hydrogen-bond donors (Lipinski definition) is 0. The zero-order valence-corrected chi connectivity index (χ0v) is 17.0. The van der Waals surface area contributed by atoms with Crippen molar-refractivity contribution in [1.29, 1.82) is 0 Å². The quantitative estimate of drug-likeness (QED) is 0.310. The molecule has 0 amide bonds. The number of allylic oxidation sites excluding steroid dienone is 1. The van der Waals surface area contributed by atoms with Crippen molar-refractivity contribution in [3.05, 3.63) is 48.1 Å². The van der Waals surface area contributed by atoms with E-state index >= 15 is 0 Å². The third-order valence-electron chi connectivity index (χ3n) is 5.03. The van der Waals surface area contributed by atoms with E-state index in [1.54, 1.807) is 19.9 Å². The van der Waals surface area contributed by atoms with Gasteiger partial charge < -0.3 is 14.2 Å². The van der Waals surface area contributed by atoms with Gasteiger partial charge in [0.1, 0.15) is 11.9 Å². The van der Waals surface area contributed by atoms with Crippen molar-refractivity contribution in [2.45, 2.75) is 58.3 Å². The predicted octanol–water partition coefficient (Wildman–Crippen LogP) is 2.76. The number of carbonyl (C=O) groups excluding carboxylic acids is 4. The summed E-state index contributed by atoms with van der Waals surface area (Å²) >= 11 is 0. The lowest BCUT2D eigenvalue weighted by atomic mass is 9.81. The number of hydrogen-bond acceptors (Lipinski definition) is 7. The fraction of sp³-hybridized carbons (Fsp3) is 0.455. The molecule has 0 aromatic rings. The van der Waals surface area contributed by atoms with E-state index in [0.717, 1.165) is 0 Å². The van der Waals surface area contributed by atoms with Crippen LogP contribution in [0.5, 0.6) is 0 Å². The van der Waals surface area contributed by atoms with Crippen molar-refractivity contribution in [3.8, 4) is 0 Å². The Balaban J connectivity index is 2.52. The SMILES string of the molecule is C=C1CC(=O)CC(=C)[C@H](OC(C)=O)[C@H]2OC(=O)C(=C)[C@@H]2[C@H](OC(=O)/C(C)=C/C)C1. The minimum absolute atomic E-state index is 0.0493. The van der Waals surface area contributed by atoms with Gasteiger partial charge in [0.05, 0.1) is 5.92 Å². The lowest BCUT2D eigenvalue weighted by Crippen LogP contribution is -2.43. The standard InChI is InChI=1S/C22H26O7/c1-7-12(3)21(25)28-17-9-11(2)8-16(24)10-13(4)19(27-15(6)23)20-18(17)14(5)22(26)29-20/h7,17-20H,2,4-5,8-10H2,1,3,6H3/b12-7+/t17-,18-,19+,20+/m1/s1. The Morgan fingerprint density at radius 1 is 1.10 bits per heavy atom. The molecule has 1 heterocycles. The maximum Gasteiger partial charge on any atom is 0.334 e. The van der Waals surface area contributed by atoms with Crippen molar-refractivity contribution < 1.29 is 33.4 Å². The second-order valence-corrected chi connectivity index (χ2v) is 7.37. The highest BCUT2D eigenvalue weighted by molar-refractivity contribution is 5.92. The molecule has 0 aromatic carbocycles. The minimum Gasteiger partial charge on any atom is -0.458 e. The number of fused-ring (bicyclic) bond motifs is 1. The second kappa shape index (κ2) is 9.03.